The number of rotatable bonds is 3. The van der Waals surface area contributed by atoms with E-state index in [-0.39, 0.29) is 5.92 Å². The van der Waals surface area contributed by atoms with Gasteiger partial charge in [-0.25, -0.2) is 0 Å². The van der Waals surface area contributed by atoms with Crippen molar-refractivity contribution in [1.29, 1.82) is 5.26 Å². The van der Waals surface area contributed by atoms with Gasteiger partial charge in [-0.1, -0.05) is 30.3 Å². The second-order valence-electron chi connectivity index (χ2n) is 5.28. The van der Waals surface area contributed by atoms with Crippen LogP contribution < -0.4 is 5.32 Å². The van der Waals surface area contributed by atoms with E-state index in [4.69, 9.17) is 0 Å². The van der Waals surface area contributed by atoms with Crippen LogP contribution in [0.25, 0.3) is 22.0 Å². The van der Waals surface area contributed by atoms with Gasteiger partial charge in [0, 0.05) is 29.9 Å². The number of nitrogens with zero attached hydrogens (tertiary/aromatic N) is 2. The number of hydrogen-bond acceptors (Lipinski definition) is 3. The average molecular weight is 287 g/mol. The Balaban J connectivity index is 2.20. The monoisotopic (exact) mass is 287 g/mol. The lowest BCUT2D eigenvalue weighted by Crippen LogP contribution is -1.94. The van der Waals surface area contributed by atoms with Gasteiger partial charge in [0.1, 0.15) is 0 Å². The van der Waals surface area contributed by atoms with E-state index in [0.29, 0.717) is 0 Å². The lowest BCUT2D eigenvalue weighted by atomic mass is 9.94. The number of aromatic nitrogens is 1. The first-order valence-electron chi connectivity index (χ1n) is 7.30. The summed E-state index contributed by atoms with van der Waals surface area (Å²) in [7, 11) is 1.90. The van der Waals surface area contributed by atoms with E-state index in [2.05, 4.69) is 34.6 Å². The van der Waals surface area contributed by atoms with Crippen molar-refractivity contribution in [2.24, 2.45) is 0 Å². The van der Waals surface area contributed by atoms with Crippen molar-refractivity contribution in [1.82, 2.24) is 4.98 Å². The molecule has 0 amide bonds. The van der Waals surface area contributed by atoms with Gasteiger partial charge < -0.3 is 5.32 Å². The molecule has 0 spiro atoms. The van der Waals surface area contributed by atoms with Crippen molar-refractivity contribution in [2.45, 2.75) is 12.8 Å². The molecule has 3 rings (SSSR count). The summed E-state index contributed by atoms with van der Waals surface area (Å²) in [5.74, 6) is -0.134. The lowest BCUT2D eigenvalue weighted by Gasteiger charge is -2.11. The third kappa shape index (κ3) is 2.40. The second-order valence-corrected chi connectivity index (χ2v) is 5.28. The zero-order valence-electron chi connectivity index (χ0n) is 12.7. The molecule has 0 saturated heterocycles. The number of nitrogens with one attached hydrogen (secondary N) is 1. The van der Waals surface area contributed by atoms with Crippen LogP contribution in [0.4, 0.5) is 5.69 Å². The molecule has 108 valence electrons. The van der Waals surface area contributed by atoms with Gasteiger partial charge in [0.15, 0.2) is 0 Å². The fraction of sp³-hybridized carbons (Fsp3) is 0.158. The molecule has 0 saturated carbocycles. The van der Waals surface area contributed by atoms with Crippen LogP contribution >= 0.6 is 0 Å². The highest BCUT2D eigenvalue weighted by molar-refractivity contribution is 5.96. The van der Waals surface area contributed by atoms with Crippen LogP contribution in [0.3, 0.4) is 0 Å². The summed E-state index contributed by atoms with van der Waals surface area (Å²) in [4.78, 5) is 4.56. The quantitative estimate of drug-likeness (QED) is 0.767. The Bertz CT molecular complexity index is 845. The topological polar surface area (TPSA) is 48.7 Å². The molecular weight excluding hydrogens is 270 g/mol. The van der Waals surface area contributed by atoms with Gasteiger partial charge in [-0.3, -0.25) is 4.98 Å². The van der Waals surface area contributed by atoms with E-state index in [1.807, 2.05) is 50.5 Å². The molecule has 3 heteroatoms. The van der Waals surface area contributed by atoms with Gasteiger partial charge in [-0.2, -0.15) is 5.26 Å². The van der Waals surface area contributed by atoms with E-state index < -0.39 is 0 Å². The predicted molar refractivity (Wildman–Crippen MR) is 90.8 cm³/mol. The van der Waals surface area contributed by atoms with Crippen LogP contribution in [0.1, 0.15) is 18.4 Å². The molecule has 1 atom stereocenters. The number of fused-ring (bicyclic) bond motifs is 1. The fourth-order valence-electron chi connectivity index (χ4n) is 2.70. The standard InChI is InChI=1S/C19H17N3/c1-13(12-20)16-4-3-5-18-17(16)10-11-22-19(18)14-6-8-15(21-2)9-7-14/h3-11,13,21H,1-2H3. The van der Waals surface area contributed by atoms with Gasteiger partial charge in [0.25, 0.3) is 0 Å². The molecule has 1 unspecified atom stereocenters. The van der Waals surface area contributed by atoms with Crippen molar-refractivity contribution < 1.29 is 0 Å². The smallest absolute Gasteiger partial charge is 0.0780 e. The zero-order valence-corrected chi connectivity index (χ0v) is 12.7. The highest BCUT2D eigenvalue weighted by Gasteiger charge is 2.11. The minimum atomic E-state index is -0.134. The predicted octanol–water partition coefficient (Wildman–Crippen LogP) is 4.57. The summed E-state index contributed by atoms with van der Waals surface area (Å²) in [5, 5.41) is 14.5. The Kier molecular flexibility index (Phi) is 3.76. The highest BCUT2D eigenvalue weighted by Crippen LogP contribution is 2.31. The summed E-state index contributed by atoms with van der Waals surface area (Å²) in [6.45, 7) is 1.93. The molecule has 2 aromatic carbocycles. The molecule has 0 aliphatic heterocycles. The summed E-state index contributed by atoms with van der Waals surface area (Å²) in [5.41, 5.74) is 4.15. The first kappa shape index (κ1) is 14.1. The minimum absolute atomic E-state index is 0.134. The molecule has 1 N–H and O–H groups in total. The van der Waals surface area contributed by atoms with Crippen molar-refractivity contribution in [3.05, 3.63) is 60.3 Å². The molecular formula is C19H17N3. The Hall–Kier alpha value is -2.86. The molecule has 1 aromatic heterocycles. The number of anilines is 1. The SMILES string of the molecule is CNc1ccc(-c2nccc3c(C(C)C#N)cccc23)cc1. The fourth-order valence-corrected chi connectivity index (χ4v) is 2.70. The number of hydrogen-bond donors (Lipinski definition) is 1. The number of pyridine rings is 1. The van der Waals surface area contributed by atoms with Gasteiger partial charge in [0.2, 0.25) is 0 Å². The molecule has 0 bridgehead atoms. The Labute approximate surface area is 130 Å². The Morgan fingerprint density at radius 2 is 1.82 bits per heavy atom. The van der Waals surface area contributed by atoms with Crippen molar-refractivity contribution in [3.63, 3.8) is 0 Å². The van der Waals surface area contributed by atoms with E-state index in [1.54, 1.807) is 0 Å². The van der Waals surface area contributed by atoms with Crippen LogP contribution in [-0.2, 0) is 0 Å². The van der Waals surface area contributed by atoms with Crippen molar-refractivity contribution in [2.75, 3.05) is 12.4 Å². The highest BCUT2D eigenvalue weighted by atomic mass is 14.8. The first-order chi connectivity index (χ1) is 10.7. The average Bonchev–Trinajstić information content (AvgIpc) is 2.60. The molecule has 0 aliphatic rings. The van der Waals surface area contributed by atoms with Gasteiger partial charge in [0.05, 0.1) is 17.7 Å². The summed E-state index contributed by atoms with van der Waals surface area (Å²) >= 11 is 0. The molecule has 1 heterocycles. The van der Waals surface area contributed by atoms with Crippen LogP contribution in [-0.4, -0.2) is 12.0 Å². The van der Waals surface area contributed by atoms with Crippen LogP contribution in [0.2, 0.25) is 0 Å². The van der Waals surface area contributed by atoms with Crippen LogP contribution in [0.5, 0.6) is 0 Å². The molecule has 3 aromatic rings. The van der Waals surface area contributed by atoms with Crippen molar-refractivity contribution in [3.8, 4) is 17.3 Å². The summed E-state index contributed by atoms with van der Waals surface area (Å²) < 4.78 is 0. The zero-order chi connectivity index (χ0) is 15.5. The maximum atomic E-state index is 9.22. The minimum Gasteiger partial charge on any atom is -0.388 e. The van der Waals surface area contributed by atoms with Gasteiger partial charge in [-0.15, -0.1) is 0 Å². The van der Waals surface area contributed by atoms with Gasteiger partial charge >= 0.3 is 0 Å². The summed E-state index contributed by atoms with van der Waals surface area (Å²) in [6.07, 6.45) is 1.82. The molecule has 22 heavy (non-hydrogen) atoms. The molecule has 0 aliphatic carbocycles. The Morgan fingerprint density at radius 3 is 2.50 bits per heavy atom. The second kappa shape index (κ2) is 5.87. The third-order valence-electron chi connectivity index (χ3n) is 3.95. The van der Waals surface area contributed by atoms with E-state index >= 15 is 0 Å². The normalized spacial score (nSPS) is 11.9. The lowest BCUT2D eigenvalue weighted by molar-refractivity contribution is 0.994. The molecule has 0 radical (unpaired) electrons. The van der Waals surface area contributed by atoms with E-state index in [0.717, 1.165) is 33.3 Å². The van der Waals surface area contributed by atoms with Crippen molar-refractivity contribution >= 4 is 16.5 Å². The van der Waals surface area contributed by atoms with Gasteiger partial charge in [-0.05, 0) is 36.1 Å². The molecule has 3 nitrogen and oxygen atoms in total. The van der Waals surface area contributed by atoms with E-state index in [1.165, 1.54) is 0 Å². The Morgan fingerprint density at radius 1 is 1.05 bits per heavy atom. The van der Waals surface area contributed by atoms with Crippen LogP contribution in [0, 0.1) is 11.3 Å². The first-order valence-corrected chi connectivity index (χ1v) is 7.30. The maximum absolute atomic E-state index is 9.22. The summed E-state index contributed by atoms with van der Waals surface area (Å²) in [6, 6.07) is 18.6. The molecule has 0 fully saturated rings. The number of nitriles is 1. The third-order valence-corrected chi connectivity index (χ3v) is 3.95. The van der Waals surface area contributed by atoms with Crippen LogP contribution in [0.15, 0.2) is 54.7 Å². The van der Waals surface area contributed by atoms with E-state index in [9.17, 15) is 5.26 Å². The number of benzene rings is 2. The maximum Gasteiger partial charge on any atom is 0.0780 e. The largest absolute Gasteiger partial charge is 0.388 e.